The minimum Gasteiger partial charge on any atom is -0.467 e. The number of furan rings is 1. The zero-order valence-corrected chi connectivity index (χ0v) is 18.6. The number of nitrogens with zero attached hydrogens (tertiary/aromatic N) is 3. The van der Waals surface area contributed by atoms with E-state index in [9.17, 15) is 14.9 Å². The lowest BCUT2D eigenvalue weighted by molar-refractivity contribution is -0.124. The van der Waals surface area contributed by atoms with Crippen molar-refractivity contribution in [1.82, 2.24) is 14.8 Å². The van der Waals surface area contributed by atoms with Crippen LogP contribution in [0.25, 0.3) is 0 Å². The van der Waals surface area contributed by atoms with E-state index in [2.05, 4.69) is 16.7 Å². The molecule has 162 valence electrons. The number of hydrogen-bond donors (Lipinski definition) is 2. The smallest absolute Gasteiger partial charge is 0.239 e. The van der Waals surface area contributed by atoms with Crippen molar-refractivity contribution in [2.24, 2.45) is 0 Å². The Balaban J connectivity index is 2.16. The molecule has 2 rings (SSSR count). The van der Waals surface area contributed by atoms with Gasteiger partial charge in [-0.1, -0.05) is 6.92 Å². The summed E-state index contributed by atoms with van der Waals surface area (Å²) in [4.78, 5) is 26.7. The van der Waals surface area contributed by atoms with Crippen LogP contribution in [0.4, 0.5) is 5.82 Å². The molecule has 0 atom stereocenters. The maximum atomic E-state index is 12.8. The molecule has 0 aromatic carbocycles. The molecule has 2 amide bonds. The lowest BCUT2D eigenvalue weighted by Crippen LogP contribution is -2.47. The van der Waals surface area contributed by atoms with Gasteiger partial charge in [-0.15, -0.1) is 0 Å². The SMILES string of the molecule is CCN(CC(=O)Nc1c(C#N)c(C)c(C)n1Cc1ccco1)CC(=O)NC(C)(C)C. The van der Waals surface area contributed by atoms with E-state index in [4.69, 9.17) is 4.42 Å². The highest BCUT2D eigenvalue weighted by molar-refractivity contribution is 5.93. The van der Waals surface area contributed by atoms with Crippen LogP contribution in [0, 0.1) is 25.2 Å². The van der Waals surface area contributed by atoms with E-state index < -0.39 is 0 Å². The Labute approximate surface area is 177 Å². The summed E-state index contributed by atoms with van der Waals surface area (Å²) in [5.74, 6) is 0.754. The Bertz CT molecular complexity index is 930. The zero-order chi connectivity index (χ0) is 22.5. The van der Waals surface area contributed by atoms with Crippen molar-refractivity contribution in [3.8, 4) is 6.07 Å². The van der Waals surface area contributed by atoms with E-state index in [0.717, 1.165) is 17.0 Å². The van der Waals surface area contributed by atoms with Crippen molar-refractivity contribution in [2.75, 3.05) is 25.0 Å². The van der Waals surface area contributed by atoms with Gasteiger partial charge in [-0.05, 0) is 58.9 Å². The second-order valence-corrected chi connectivity index (χ2v) is 8.36. The molecular weight excluding hydrogens is 382 g/mol. The lowest BCUT2D eigenvalue weighted by atomic mass is 10.1. The summed E-state index contributed by atoms with van der Waals surface area (Å²) in [7, 11) is 0. The summed E-state index contributed by atoms with van der Waals surface area (Å²) in [5.41, 5.74) is 1.80. The van der Waals surface area contributed by atoms with Gasteiger partial charge in [0, 0.05) is 11.2 Å². The first-order valence-electron chi connectivity index (χ1n) is 10.0. The van der Waals surface area contributed by atoms with E-state index in [0.29, 0.717) is 24.5 Å². The molecular formula is C22H31N5O3. The van der Waals surface area contributed by atoms with Crippen molar-refractivity contribution in [1.29, 1.82) is 5.26 Å². The molecule has 8 heteroatoms. The van der Waals surface area contributed by atoms with Crippen LogP contribution < -0.4 is 10.6 Å². The minimum absolute atomic E-state index is 0.0446. The van der Waals surface area contributed by atoms with Gasteiger partial charge in [-0.25, -0.2) is 0 Å². The normalized spacial score (nSPS) is 11.4. The third-order valence-electron chi connectivity index (χ3n) is 4.79. The van der Waals surface area contributed by atoms with Gasteiger partial charge >= 0.3 is 0 Å². The van der Waals surface area contributed by atoms with E-state index in [1.807, 2.05) is 52.2 Å². The predicted octanol–water partition coefficient (Wildman–Crippen LogP) is 2.79. The molecule has 30 heavy (non-hydrogen) atoms. The largest absolute Gasteiger partial charge is 0.467 e. The van der Waals surface area contributed by atoms with E-state index in [-0.39, 0.29) is 30.4 Å². The van der Waals surface area contributed by atoms with Crippen molar-refractivity contribution >= 4 is 17.6 Å². The third-order valence-corrected chi connectivity index (χ3v) is 4.79. The molecule has 2 aromatic heterocycles. The molecule has 0 unspecified atom stereocenters. The number of nitrogens with one attached hydrogen (secondary N) is 2. The molecule has 2 N–H and O–H groups in total. The van der Waals surface area contributed by atoms with Gasteiger partial charge in [-0.3, -0.25) is 14.5 Å². The summed E-state index contributed by atoms with van der Waals surface area (Å²) in [6, 6.07) is 5.84. The first kappa shape index (κ1) is 23.2. The number of amides is 2. The van der Waals surface area contributed by atoms with E-state index >= 15 is 0 Å². The molecule has 0 saturated carbocycles. The number of aromatic nitrogens is 1. The Kier molecular flexibility index (Phi) is 7.46. The van der Waals surface area contributed by atoms with Gasteiger partial charge in [0.05, 0.1) is 31.5 Å². The van der Waals surface area contributed by atoms with Crippen molar-refractivity contribution in [3.05, 3.63) is 41.0 Å². The van der Waals surface area contributed by atoms with Crippen LogP contribution in [-0.2, 0) is 16.1 Å². The van der Waals surface area contributed by atoms with Crippen LogP contribution in [0.5, 0.6) is 0 Å². The van der Waals surface area contributed by atoms with Crippen LogP contribution in [0.15, 0.2) is 22.8 Å². The maximum absolute atomic E-state index is 12.8. The van der Waals surface area contributed by atoms with E-state index in [1.54, 1.807) is 17.2 Å². The molecule has 2 heterocycles. The standard InChI is InChI=1S/C22H31N5O3/c1-7-26(14-20(29)25-22(4,5)6)13-19(28)24-21-18(11-23)15(2)16(3)27(21)12-17-9-8-10-30-17/h8-10H,7,12-14H2,1-6H3,(H,24,28)(H,25,29). The Morgan fingerprint density at radius 1 is 1.23 bits per heavy atom. The quantitative estimate of drug-likeness (QED) is 0.693. The average Bonchev–Trinajstić information content (AvgIpc) is 3.22. The summed E-state index contributed by atoms with van der Waals surface area (Å²) in [6.45, 7) is 12.5. The Hall–Kier alpha value is -3.05. The summed E-state index contributed by atoms with van der Waals surface area (Å²) < 4.78 is 7.30. The molecule has 8 nitrogen and oxygen atoms in total. The second kappa shape index (κ2) is 9.63. The van der Waals surface area contributed by atoms with Gasteiger partial charge in [-0.2, -0.15) is 5.26 Å². The molecule has 0 aliphatic rings. The molecule has 0 radical (unpaired) electrons. The van der Waals surface area contributed by atoms with Crippen molar-refractivity contribution < 1.29 is 14.0 Å². The first-order valence-corrected chi connectivity index (χ1v) is 10.0. The van der Waals surface area contributed by atoms with Crippen LogP contribution in [-0.4, -0.2) is 46.5 Å². The van der Waals surface area contributed by atoms with Crippen LogP contribution >= 0.6 is 0 Å². The maximum Gasteiger partial charge on any atom is 0.239 e. The predicted molar refractivity (Wildman–Crippen MR) is 115 cm³/mol. The number of rotatable bonds is 8. The molecule has 0 fully saturated rings. The van der Waals surface area contributed by atoms with Gasteiger partial charge < -0.3 is 19.6 Å². The number of carbonyl (C=O) groups is 2. The van der Waals surface area contributed by atoms with Crippen LogP contribution in [0.3, 0.4) is 0 Å². The molecule has 0 bridgehead atoms. The molecule has 0 spiro atoms. The number of nitriles is 1. The third kappa shape index (κ3) is 5.97. The molecule has 2 aromatic rings. The zero-order valence-electron chi connectivity index (χ0n) is 18.6. The van der Waals surface area contributed by atoms with Gasteiger partial charge in [0.25, 0.3) is 0 Å². The Morgan fingerprint density at radius 2 is 1.90 bits per heavy atom. The van der Waals surface area contributed by atoms with Crippen molar-refractivity contribution in [3.63, 3.8) is 0 Å². The lowest BCUT2D eigenvalue weighted by Gasteiger charge is -2.24. The van der Waals surface area contributed by atoms with Crippen LogP contribution in [0.2, 0.25) is 0 Å². The average molecular weight is 414 g/mol. The highest BCUT2D eigenvalue weighted by Gasteiger charge is 2.22. The van der Waals surface area contributed by atoms with Gasteiger partial charge in [0.15, 0.2) is 0 Å². The number of carbonyl (C=O) groups excluding carboxylic acids is 2. The van der Waals surface area contributed by atoms with Gasteiger partial charge in [0.2, 0.25) is 11.8 Å². The first-order chi connectivity index (χ1) is 14.1. The fourth-order valence-electron chi connectivity index (χ4n) is 3.20. The summed E-state index contributed by atoms with van der Waals surface area (Å²) in [6.07, 6.45) is 1.59. The van der Waals surface area contributed by atoms with Crippen LogP contribution in [0.1, 0.15) is 50.3 Å². The monoisotopic (exact) mass is 413 g/mol. The topological polar surface area (TPSA) is 103 Å². The summed E-state index contributed by atoms with van der Waals surface area (Å²) in [5, 5.41) is 15.4. The minimum atomic E-state index is -0.331. The Morgan fingerprint density at radius 3 is 2.43 bits per heavy atom. The van der Waals surface area contributed by atoms with Crippen molar-refractivity contribution in [2.45, 2.75) is 53.6 Å². The molecule has 0 saturated heterocycles. The second-order valence-electron chi connectivity index (χ2n) is 8.36. The fourth-order valence-corrected chi connectivity index (χ4v) is 3.20. The molecule has 0 aliphatic carbocycles. The number of anilines is 1. The number of hydrogen-bond acceptors (Lipinski definition) is 5. The highest BCUT2D eigenvalue weighted by atomic mass is 16.3. The highest BCUT2D eigenvalue weighted by Crippen LogP contribution is 2.27. The van der Waals surface area contributed by atoms with Gasteiger partial charge in [0.1, 0.15) is 17.6 Å². The number of likely N-dealkylation sites (N-methyl/N-ethyl adjacent to an activating group) is 1. The van der Waals surface area contributed by atoms with E-state index in [1.165, 1.54) is 0 Å². The summed E-state index contributed by atoms with van der Waals surface area (Å²) >= 11 is 0. The molecule has 0 aliphatic heterocycles. The fraction of sp³-hybridized carbons (Fsp3) is 0.500.